The number of hydrogen-bond donors (Lipinski definition) is 1. The zero-order valence-electron chi connectivity index (χ0n) is 10.2. The first-order chi connectivity index (χ1) is 8.65. The van der Waals surface area contributed by atoms with Gasteiger partial charge in [0.1, 0.15) is 5.82 Å². The minimum atomic E-state index is -0.184. The van der Waals surface area contributed by atoms with Gasteiger partial charge in [0.15, 0.2) is 0 Å². The minimum absolute atomic E-state index is 0.00111. The largest absolute Gasteiger partial charge is 0.327 e. The Morgan fingerprint density at radius 1 is 1.44 bits per heavy atom. The van der Waals surface area contributed by atoms with Crippen molar-refractivity contribution in [3.8, 4) is 0 Å². The molecule has 0 bridgehead atoms. The molecule has 1 atom stereocenters. The van der Waals surface area contributed by atoms with E-state index >= 15 is 0 Å². The van der Waals surface area contributed by atoms with Crippen molar-refractivity contribution in [1.82, 2.24) is 9.78 Å². The predicted molar refractivity (Wildman–Crippen MR) is 72.0 cm³/mol. The lowest BCUT2D eigenvalue weighted by molar-refractivity contribution is 0.601. The van der Waals surface area contributed by atoms with E-state index in [1.54, 1.807) is 16.8 Å². The van der Waals surface area contributed by atoms with Crippen LogP contribution in [-0.2, 0) is 13.5 Å². The summed E-state index contributed by atoms with van der Waals surface area (Å²) in [7, 11) is 1.88. The fraction of sp³-hybridized carbons (Fsp3) is 0.308. The summed E-state index contributed by atoms with van der Waals surface area (Å²) in [5, 5.41) is 4.10. The smallest absolute Gasteiger partial charge is 0.136 e. The van der Waals surface area contributed by atoms with Gasteiger partial charge in [-0.3, -0.25) is 4.68 Å². The number of halogens is 1. The van der Waals surface area contributed by atoms with Gasteiger partial charge in [0.05, 0.1) is 6.20 Å². The molecule has 2 N–H and O–H groups in total. The Kier molecular flexibility index (Phi) is 4.38. The van der Waals surface area contributed by atoms with Crippen LogP contribution in [0.25, 0.3) is 0 Å². The lowest BCUT2D eigenvalue weighted by atomic mass is 10.1. The molecule has 1 heterocycles. The van der Waals surface area contributed by atoms with Crippen molar-refractivity contribution in [3.05, 3.63) is 48.0 Å². The summed E-state index contributed by atoms with van der Waals surface area (Å²) in [5.74, 6) is 0.506. The second kappa shape index (κ2) is 6.02. The molecule has 0 aliphatic heterocycles. The number of rotatable bonds is 5. The molecule has 0 spiro atoms. The van der Waals surface area contributed by atoms with Crippen LogP contribution in [0.1, 0.15) is 5.56 Å². The van der Waals surface area contributed by atoms with Gasteiger partial charge in [0, 0.05) is 29.9 Å². The number of benzene rings is 1. The summed E-state index contributed by atoms with van der Waals surface area (Å²) < 4.78 is 15.2. The molecule has 0 radical (unpaired) electrons. The SMILES string of the molecule is Cn1cc(CC(N)CSc2ccccc2F)cn1. The van der Waals surface area contributed by atoms with Crippen LogP contribution < -0.4 is 5.73 Å². The summed E-state index contributed by atoms with van der Waals surface area (Å²) in [6, 6.07) is 6.76. The van der Waals surface area contributed by atoms with Crippen molar-refractivity contribution in [2.24, 2.45) is 12.8 Å². The van der Waals surface area contributed by atoms with Gasteiger partial charge in [0.2, 0.25) is 0 Å². The Bertz CT molecular complexity index is 512. The highest BCUT2D eigenvalue weighted by Gasteiger charge is 2.08. The summed E-state index contributed by atoms with van der Waals surface area (Å²) in [6.07, 6.45) is 4.52. The number of thioether (sulfide) groups is 1. The van der Waals surface area contributed by atoms with Crippen LogP contribution in [-0.4, -0.2) is 21.6 Å². The first-order valence-electron chi connectivity index (χ1n) is 5.75. The molecule has 2 aromatic rings. The Morgan fingerprint density at radius 2 is 2.22 bits per heavy atom. The van der Waals surface area contributed by atoms with Crippen molar-refractivity contribution in [2.75, 3.05) is 5.75 Å². The molecular weight excluding hydrogens is 249 g/mol. The summed E-state index contributed by atoms with van der Waals surface area (Å²) in [4.78, 5) is 0.652. The second-order valence-electron chi connectivity index (χ2n) is 4.23. The maximum Gasteiger partial charge on any atom is 0.136 e. The number of nitrogens with two attached hydrogens (primary N) is 1. The highest BCUT2D eigenvalue weighted by atomic mass is 32.2. The third kappa shape index (κ3) is 3.58. The molecule has 5 heteroatoms. The van der Waals surface area contributed by atoms with Gasteiger partial charge >= 0.3 is 0 Å². The van der Waals surface area contributed by atoms with E-state index in [1.807, 2.05) is 25.5 Å². The maximum absolute atomic E-state index is 13.4. The first kappa shape index (κ1) is 13.1. The minimum Gasteiger partial charge on any atom is -0.327 e. The maximum atomic E-state index is 13.4. The molecule has 18 heavy (non-hydrogen) atoms. The van der Waals surface area contributed by atoms with Gasteiger partial charge < -0.3 is 5.73 Å². The van der Waals surface area contributed by atoms with E-state index in [0.29, 0.717) is 10.6 Å². The molecule has 0 saturated carbocycles. The number of aromatic nitrogens is 2. The molecule has 0 amide bonds. The molecule has 0 aliphatic carbocycles. The van der Waals surface area contributed by atoms with Crippen LogP contribution in [0.2, 0.25) is 0 Å². The Hall–Kier alpha value is -1.33. The zero-order valence-corrected chi connectivity index (χ0v) is 11.0. The van der Waals surface area contributed by atoms with Crippen LogP contribution in [0.5, 0.6) is 0 Å². The van der Waals surface area contributed by atoms with Crippen molar-refractivity contribution >= 4 is 11.8 Å². The van der Waals surface area contributed by atoms with Gasteiger partial charge in [0.25, 0.3) is 0 Å². The van der Waals surface area contributed by atoms with Gasteiger partial charge in [-0.25, -0.2) is 4.39 Å². The normalized spacial score (nSPS) is 12.6. The predicted octanol–water partition coefficient (Wildman–Crippen LogP) is 2.22. The van der Waals surface area contributed by atoms with E-state index in [0.717, 1.165) is 12.0 Å². The van der Waals surface area contributed by atoms with Gasteiger partial charge in [-0.1, -0.05) is 12.1 Å². The number of aryl methyl sites for hydroxylation is 1. The number of hydrogen-bond acceptors (Lipinski definition) is 3. The Balaban J connectivity index is 1.85. The van der Waals surface area contributed by atoms with Crippen LogP contribution in [0.3, 0.4) is 0 Å². The molecule has 0 aliphatic rings. The van der Waals surface area contributed by atoms with Crippen molar-refractivity contribution < 1.29 is 4.39 Å². The highest BCUT2D eigenvalue weighted by molar-refractivity contribution is 7.99. The highest BCUT2D eigenvalue weighted by Crippen LogP contribution is 2.22. The Morgan fingerprint density at radius 3 is 2.89 bits per heavy atom. The van der Waals surface area contributed by atoms with Crippen molar-refractivity contribution in [2.45, 2.75) is 17.4 Å². The third-order valence-electron chi connectivity index (χ3n) is 2.55. The molecule has 1 unspecified atom stereocenters. The van der Waals surface area contributed by atoms with Gasteiger partial charge in [-0.2, -0.15) is 5.10 Å². The molecule has 0 fully saturated rings. The van der Waals surface area contributed by atoms with E-state index < -0.39 is 0 Å². The lowest BCUT2D eigenvalue weighted by Crippen LogP contribution is -2.25. The monoisotopic (exact) mass is 265 g/mol. The quantitative estimate of drug-likeness (QED) is 0.843. The third-order valence-corrected chi connectivity index (χ3v) is 3.78. The van der Waals surface area contributed by atoms with Gasteiger partial charge in [-0.05, 0) is 24.1 Å². The fourth-order valence-electron chi connectivity index (χ4n) is 1.70. The van der Waals surface area contributed by atoms with Crippen LogP contribution in [0, 0.1) is 5.82 Å². The van der Waals surface area contributed by atoms with E-state index in [4.69, 9.17) is 5.73 Å². The summed E-state index contributed by atoms with van der Waals surface area (Å²) in [5.41, 5.74) is 7.14. The Labute approximate surface area is 110 Å². The first-order valence-corrected chi connectivity index (χ1v) is 6.74. The number of nitrogens with zero attached hydrogens (tertiary/aromatic N) is 2. The summed E-state index contributed by atoms with van der Waals surface area (Å²) in [6.45, 7) is 0. The molecule has 0 saturated heterocycles. The van der Waals surface area contributed by atoms with E-state index in [9.17, 15) is 4.39 Å². The topological polar surface area (TPSA) is 43.8 Å². The molecular formula is C13H16FN3S. The fourth-order valence-corrected chi connectivity index (χ4v) is 2.59. The zero-order chi connectivity index (χ0) is 13.0. The standard InChI is InChI=1S/C13H16FN3S/c1-17-8-10(7-16-17)6-11(15)9-18-13-5-3-2-4-12(13)14/h2-5,7-8,11H,6,9,15H2,1H3. The van der Waals surface area contributed by atoms with Crippen LogP contribution >= 0.6 is 11.8 Å². The lowest BCUT2D eigenvalue weighted by Gasteiger charge is -2.10. The molecule has 1 aromatic carbocycles. The van der Waals surface area contributed by atoms with E-state index in [1.165, 1.54) is 17.8 Å². The molecule has 3 nitrogen and oxygen atoms in total. The van der Waals surface area contributed by atoms with E-state index in [-0.39, 0.29) is 11.9 Å². The van der Waals surface area contributed by atoms with Crippen LogP contribution in [0.4, 0.5) is 4.39 Å². The molecule has 96 valence electrons. The summed E-state index contributed by atoms with van der Waals surface area (Å²) >= 11 is 1.45. The average Bonchev–Trinajstić information content (AvgIpc) is 2.74. The molecule has 2 rings (SSSR count). The second-order valence-corrected chi connectivity index (χ2v) is 5.29. The van der Waals surface area contributed by atoms with Crippen molar-refractivity contribution in [1.29, 1.82) is 0 Å². The van der Waals surface area contributed by atoms with Crippen molar-refractivity contribution in [3.63, 3.8) is 0 Å². The van der Waals surface area contributed by atoms with E-state index in [2.05, 4.69) is 5.10 Å². The molecule has 1 aromatic heterocycles. The van der Waals surface area contributed by atoms with Crippen LogP contribution in [0.15, 0.2) is 41.6 Å². The van der Waals surface area contributed by atoms with Gasteiger partial charge in [-0.15, -0.1) is 11.8 Å². The average molecular weight is 265 g/mol.